The Hall–Kier alpha value is -4.64. The number of likely N-dealkylation sites (tertiary alicyclic amines) is 1. The van der Waals surface area contributed by atoms with E-state index in [4.69, 9.17) is 9.26 Å². The number of carbonyl (C=O) groups excluding carboxylic acids is 4. The highest BCUT2D eigenvalue weighted by Gasteiger charge is 2.63. The third kappa shape index (κ3) is 4.43. The Morgan fingerprint density at radius 3 is 2.67 bits per heavy atom. The molecule has 5 amide bonds. The molecule has 238 valence electrons. The van der Waals surface area contributed by atoms with Crippen molar-refractivity contribution in [3.63, 3.8) is 0 Å². The van der Waals surface area contributed by atoms with Crippen molar-refractivity contribution in [3.05, 3.63) is 23.8 Å². The summed E-state index contributed by atoms with van der Waals surface area (Å²) in [6.45, 7) is 4.95. The Kier molecular flexibility index (Phi) is 6.77. The summed E-state index contributed by atoms with van der Waals surface area (Å²) in [7, 11) is 3.97. The Balaban J connectivity index is 1.25. The first-order chi connectivity index (χ1) is 21.5. The molecule has 0 unspecified atom stereocenters. The fourth-order valence-electron chi connectivity index (χ4n) is 7.26. The van der Waals surface area contributed by atoms with Crippen LogP contribution in [0.15, 0.2) is 16.9 Å². The zero-order chi connectivity index (χ0) is 31.8. The number of aromatic nitrogens is 4. The minimum Gasteiger partial charge on any atom is -0.372 e. The zero-order valence-corrected chi connectivity index (χ0v) is 25.2. The van der Waals surface area contributed by atoms with Crippen LogP contribution in [0.2, 0.25) is 0 Å². The predicted octanol–water partition coefficient (Wildman–Crippen LogP) is 0.0127. The summed E-state index contributed by atoms with van der Waals surface area (Å²) in [6.07, 6.45) is 0.933. The Morgan fingerprint density at radius 2 is 1.96 bits per heavy atom. The van der Waals surface area contributed by atoms with Gasteiger partial charge in [0.25, 0.3) is 0 Å². The molecular weight excluding hydrogens is 591 g/mol. The van der Waals surface area contributed by atoms with Gasteiger partial charge in [0.1, 0.15) is 6.33 Å². The molecule has 0 saturated carbocycles. The number of hydrogen-bond donors (Lipinski definition) is 3. The highest BCUT2D eigenvalue weighted by molar-refractivity contribution is 6.20. The van der Waals surface area contributed by atoms with Crippen molar-refractivity contribution in [2.45, 2.75) is 51.0 Å². The molecule has 3 saturated heterocycles. The van der Waals surface area contributed by atoms with Crippen LogP contribution in [-0.2, 0) is 25.5 Å². The van der Waals surface area contributed by atoms with E-state index in [0.717, 1.165) is 6.42 Å². The third-order valence-electron chi connectivity index (χ3n) is 9.34. The molecule has 6 heterocycles. The van der Waals surface area contributed by atoms with E-state index in [-0.39, 0.29) is 59.9 Å². The SMILES string of the molecule is C[C@@H]1CN2c3c(cc4c(-n5ncnc5NCC(=O)N5CC[C@H](N(C)C)C5)noc4c3F)CC3(C(=O)NC(=O)NC3=O)[C@H]2[C@H](C)O1. The number of halogens is 1. The third-order valence-corrected chi connectivity index (χ3v) is 9.34. The number of benzene rings is 1. The van der Waals surface area contributed by atoms with Gasteiger partial charge in [-0.15, -0.1) is 0 Å². The van der Waals surface area contributed by atoms with Crippen molar-refractivity contribution < 1.29 is 32.8 Å². The zero-order valence-electron chi connectivity index (χ0n) is 25.2. The molecule has 0 bridgehead atoms. The average Bonchev–Trinajstić information content (AvgIpc) is 3.74. The highest BCUT2D eigenvalue weighted by atomic mass is 19.1. The first kappa shape index (κ1) is 29.1. The van der Waals surface area contributed by atoms with Gasteiger partial charge in [-0.25, -0.2) is 9.18 Å². The monoisotopic (exact) mass is 624 g/mol. The summed E-state index contributed by atoms with van der Waals surface area (Å²) in [6, 6.07) is 0.0858. The van der Waals surface area contributed by atoms with E-state index in [1.54, 1.807) is 22.8 Å². The number of amides is 5. The van der Waals surface area contributed by atoms with Gasteiger partial charge in [0.2, 0.25) is 35.1 Å². The topological polar surface area (TPSA) is 180 Å². The molecule has 1 aromatic carbocycles. The standard InChI is InChI=1S/C28H33FN10O6/c1-13-10-38-20-15(8-28(22(38)14(2)44-13)24(41)33-27(43)34-25(28)42)7-17-21(19(20)29)45-35-23(17)39-26(31-12-32-39)30-9-18(40)37-6-5-16(11-37)36(3)4/h7,12-14,16,22H,5-6,8-11H2,1-4H3,(H,30,31,32)(H2,33,34,41,42,43)/t13-,14+,16+,22-/m1/s1. The van der Waals surface area contributed by atoms with E-state index in [0.29, 0.717) is 24.7 Å². The van der Waals surface area contributed by atoms with Crippen molar-refractivity contribution >= 4 is 46.4 Å². The lowest BCUT2D eigenvalue weighted by Gasteiger charge is -2.55. The minimum atomic E-state index is -1.78. The fourth-order valence-corrected chi connectivity index (χ4v) is 7.26. The molecule has 7 rings (SSSR count). The summed E-state index contributed by atoms with van der Waals surface area (Å²) in [5, 5.41) is 16.0. The molecular formula is C28H33FN10O6. The van der Waals surface area contributed by atoms with E-state index < -0.39 is 41.2 Å². The summed E-state index contributed by atoms with van der Waals surface area (Å²) in [5.74, 6) is -2.09. The van der Waals surface area contributed by atoms with Crippen LogP contribution in [0, 0.1) is 11.2 Å². The van der Waals surface area contributed by atoms with Crippen molar-refractivity contribution in [1.82, 2.24) is 40.4 Å². The van der Waals surface area contributed by atoms with Gasteiger partial charge in [-0.05, 0) is 46.0 Å². The van der Waals surface area contributed by atoms with E-state index in [2.05, 4.69) is 36.1 Å². The second kappa shape index (κ2) is 10.5. The number of fused-ring (bicyclic) bond motifs is 5. The summed E-state index contributed by atoms with van der Waals surface area (Å²) >= 11 is 0. The number of nitrogens with zero attached hydrogens (tertiary/aromatic N) is 7. The van der Waals surface area contributed by atoms with Gasteiger partial charge in [-0.3, -0.25) is 25.0 Å². The van der Waals surface area contributed by atoms with Crippen LogP contribution in [-0.4, -0.2) is 118 Å². The molecule has 4 aliphatic heterocycles. The summed E-state index contributed by atoms with van der Waals surface area (Å²) in [4.78, 5) is 61.7. The van der Waals surface area contributed by atoms with E-state index >= 15 is 4.39 Å². The Bertz CT molecular complexity index is 1720. The Morgan fingerprint density at radius 1 is 1.20 bits per heavy atom. The van der Waals surface area contributed by atoms with E-state index in [9.17, 15) is 19.2 Å². The largest absolute Gasteiger partial charge is 0.372 e. The van der Waals surface area contributed by atoms with Gasteiger partial charge in [0, 0.05) is 32.1 Å². The summed E-state index contributed by atoms with van der Waals surface area (Å²) in [5.41, 5.74) is -1.41. The van der Waals surface area contributed by atoms with Crippen molar-refractivity contribution in [2.75, 3.05) is 50.5 Å². The molecule has 3 fully saturated rings. The van der Waals surface area contributed by atoms with Crippen LogP contribution >= 0.6 is 0 Å². The molecule has 1 spiro atoms. The number of imide groups is 2. The molecule has 3 aromatic rings. The number of barbiturate groups is 1. The molecule has 2 aromatic heterocycles. The smallest absolute Gasteiger partial charge is 0.328 e. The molecule has 17 heteroatoms. The number of carbonyl (C=O) groups is 4. The normalized spacial score (nSPS) is 25.9. The van der Waals surface area contributed by atoms with Gasteiger partial charge in [0.15, 0.2) is 11.2 Å². The van der Waals surface area contributed by atoms with Crippen LogP contribution in [0.3, 0.4) is 0 Å². The number of urea groups is 1. The molecule has 45 heavy (non-hydrogen) atoms. The van der Waals surface area contributed by atoms with Crippen LogP contribution in [0.4, 0.5) is 20.8 Å². The minimum absolute atomic E-state index is 0.0430. The molecule has 4 aliphatic rings. The van der Waals surface area contributed by atoms with E-state index in [1.165, 1.54) is 11.0 Å². The molecule has 0 aliphatic carbocycles. The number of morpholine rings is 1. The van der Waals surface area contributed by atoms with Crippen LogP contribution in [0.25, 0.3) is 16.8 Å². The fraction of sp³-hybridized carbons (Fsp3) is 0.536. The number of anilines is 2. The quantitative estimate of drug-likeness (QED) is 0.324. The number of likely N-dealkylation sites (N-methyl/N-ethyl adjacent to an activating group) is 1. The van der Waals surface area contributed by atoms with E-state index in [1.807, 2.05) is 21.0 Å². The maximum atomic E-state index is 16.5. The average molecular weight is 625 g/mol. The number of hydrogen-bond acceptors (Lipinski definition) is 12. The number of ether oxygens (including phenoxy) is 1. The second-order valence-corrected chi connectivity index (χ2v) is 12.3. The maximum Gasteiger partial charge on any atom is 0.328 e. The predicted molar refractivity (Wildman–Crippen MR) is 155 cm³/mol. The lowest BCUT2D eigenvalue weighted by atomic mass is 9.66. The lowest BCUT2D eigenvalue weighted by molar-refractivity contribution is -0.153. The molecule has 4 atom stereocenters. The lowest BCUT2D eigenvalue weighted by Crippen LogP contribution is -2.75. The van der Waals surface area contributed by atoms with Gasteiger partial charge in [-0.2, -0.15) is 14.8 Å². The number of rotatable bonds is 5. The van der Waals surface area contributed by atoms with Crippen molar-refractivity contribution in [2.24, 2.45) is 5.41 Å². The summed E-state index contributed by atoms with van der Waals surface area (Å²) < 4.78 is 29.3. The molecule has 16 nitrogen and oxygen atoms in total. The van der Waals surface area contributed by atoms with Gasteiger partial charge in [-0.1, -0.05) is 5.16 Å². The first-order valence-electron chi connectivity index (χ1n) is 14.8. The maximum absolute atomic E-state index is 16.5. The molecule has 3 N–H and O–H groups in total. The molecule has 0 radical (unpaired) electrons. The van der Waals surface area contributed by atoms with Crippen LogP contribution in [0.1, 0.15) is 25.8 Å². The first-order valence-corrected chi connectivity index (χ1v) is 14.8. The van der Waals surface area contributed by atoms with Gasteiger partial charge in [0.05, 0.1) is 35.9 Å². The van der Waals surface area contributed by atoms with Gasteiger partial charge < -0.3 is 29.3 Å². The van der Waals surface area contributed by atoms with Gasteiger partial charge >= 0.3 is 6.03 Å². The van der Waals surface area contributed by atoms with Crippen molar-refractivity contribution in [1.29, 1.82) is 0 Å². The van der Waals surface area contributed by atoms with Crippen LogP contribution in [0.5, 0.6) is 0 Å². The van der Waals surface area contributed by atoms with Crippen LogP contribution < -0.4 is 20.9 Å². The highest BCUT2D eigenvalue weighted by Crippen LogP contribution is 2.49. The van der Waals surface area contributed by atoms with Crippen molar-refractivity contribution in [3.8, 4) is 5.82 Å². The number of nitrogens with one attached hydrogen (secondary N) is 3. The Labute approximate surface area is 256 Å². The second-order valence-electron chi connectivity index (χ2n) is 12.3.